The Kier molecular flexibility index (Phi) is 5.56. The fraction of sp³-hybridized carbons (Fsp3) is 0.292. The quantitative estimate of drug-likeness (QED) is 0.342. The van der Waals surface area contributed by atoms with Crippen molar-refractivity contribution in [1.82, 2.24) is 0 Å². The van der Waals surface area contributed by atoms with Crippen molar-refractivity contribution in [3.05, 3.63) is 102 Å². The van der Waals surface area contributed by atoms with Crippen molar-refractivity contribution in [3.8, 4) is 0 Å². The van der Waals surface area contributed by atoms with E-state index in [1.807, 2.05) is 50.2 Å². The highest BCUT2D eigenvalue weighted by Gasteiger charge is 2.29. The smallest absolute Gasteiger partial charge is 0.111 e. The predicted octanol–water partition coefficient (Wildman–Crippen LogP) is 6.33. The van der Waals surface area contributed by atoms with E-state index in [4.69, 9.17) is 17.7 Å². The van der Waals surface area contributed by atoms with Gasteiger partial charge in [-0.15, -0.1) is 0 Å². The van der Waals surface area contributed by atoms with Crippen LogP contribution >= 0.6 is 0 Å². The van der Waals surface area contributed by atoms with Crippen LogP contribution in [-0.4, -0.2) is 0 Å². The van der Waals surface area contributed by atoms with Gasteiger partial charge in [0.2, 0.25) is 0 Å². The minimum Gasteiger partial charge on any atom is -0.469 e. The van der Waals surface area contributed by atoms with E-state index in [1.165, 1.54) is 5.92 Å². The first-order valence-electron chi connectivity index (χ1n) is 9.70. The van der Waals surface area contributed by atoms with E-state index >= 15 is 0 Å². The summed E-state index contributed by atoms with van der Waals surface area (Å²) in [5, 5.41) is 0. The predicted molar refractivity (Wildman–Crippen MR) is 106 cm³/mol. The third-order valence-electron chi connectivity index (χ3n) is 5.04. The molecule has 0 saturated carbocycles. The van der Waals surface area contributed by atoms with E-state index in [-0.39, 0.29) is 5.92 Å². The maximum absolute atomic E-state index is 6.03. The summed E-state index contributed by atoms with van der Waals surface area (Å²) < 4.78 is 23.1. The Morgan fingerprint density at radius 2 is 1.43 bits per heavy atom. The van der Waals surface area contributed by atoms with Gasteiger partial charge in [-0.25, -0.2) is 0 Å². The van der Waals surface area contributed by atoms with Crippen LogP contribution in [0, 0.1) is 25.7 Å². The minimum atomic E-state index is 0.206. The average Bonchev–Trinajstić information content (AvgIpc) is 3.45. The lowest BCUT2D eigenvalue weighted by Gasteiger charge is -2.24. The molecule has 4 aromatic rings. The first-order chi connectivity index (χ1) is 13.7. The van der Waals surface area contributed by atoms with E-state index in [2.05, 4.69) is 12.1 Å². The molecule has 0 bridgehead atoms. The van der Waals surface area contributed by atoms with E-state index in [0.29, 0.717) is 0 Å². The van der Waals surface area contributed by atoms with Crippen LogP contribution in [0.25, 0.3) is 0 Å². The molecule has 145 valence electrons. The summed E-state index contributed by atoms with van der Waals surface area (Å²) in [6.45, 7) is 3.95. The lowest BCUT2D eigenvalue weighted by Crippen LogP contribution is -2.19. The van der Waals surface area contributed by atoms with Gasteiger partial charge in [0, 0.05) is 25.2 Å². The molecular weight excluding hydrogens is 352 g/mol. The topological polar surface area (TPSA) is 52.6 Å². The van der Waals surface area contributed by atoms with Crippen LogP contribution in [0.5, 0.6) is 0 Å². The number of aryl methyl sites for hydroxylation is 3. The molecule has 0 N–H and O–H groups in total. The highest BCUT2D eigenvalue weighted by atomic mass is 16.3. The van der Waals surface area contributed by atoms with Crippen LogP contribution < -0.4 is 0 Å². The molecule has 28 heavy (non-hydrogen) atoms. The second kappa shape index (κ2) is 8.42. The van der Waals surface area contributed by atoms with Crippen molar-refractivity contribution < 1.29 is 17.7 Å². The molecule has 4 aromatic heterocycles. The first kappa shape index (κ1) is 18.5. The largest absolute Gasteiger partial charge is 0.469 e. The zero-order chi connectivity index (χ0) is 19.3. The van der Waals surface area contributed by atoms with E-state index in [0.717, 1.165) is 60.2 Å². The third kappa shape index (κ3) is 4.50. The second-order valence-electron chi connectivity index (χ2n) is 7.21. The molecule has 0 aromatic carbocycles. The fourth-order valence-corrected chi connectivity index (χ4v) is 3.68. The van der Waals surface area contributed by atoms with Crippen LogP contribution in [0.3, 0.4) is 0 Å². The molecule has 0 spiro atoms. The van der Waals surface area contributed by atoms with Crippen LogP contribution in [0.4, 0.5) is 0 Å². The Morgan fingerprint density at radius 1 is 0.750 bits per heavy atom. The highest BCUT2D eigenvalue weighted by molar-refractivity contribution is 5.27. The Balaban J connectivity index is 1.61. The van der Waals surface area contributed by atoms with Gasteiger partial charge in [-0.1, -0.05) is 0 Å². The molecular formula is C24H25O4. The summed E-state index contributed by atoms with van der Waals surface area (Å²) >= 11 is 0. The maximum atomic E-state index is 6.03. The molecule has 0 aliphatic carbocycles. The summed E-state index contributed by atoms with van der Waals surface area (Å²) in [7, 11) is 0. The summed E-state index contributed by atoms with van der Waals surface area (Å²) in [6.07, 6.45) is 6.71. The molecule has 0 amide bonds. The molecule has 0 fully saturated rings. The number of furan rings is 4. The third-order valence-corrected chi connectivity index (χ3v) is 5.04. The van der Waals surface area contributed by atoms with Crippen molar-refractivity contribution in [2.45, 2.75) is 39.5 Å². The highest BCUT2D eigenvalue weighted by Crippen LogP contribution is 2.35. The van der Waals surface area contributed by atoms with E-state index in [9.17, 15) is 0 Å². The molecule has 4 heterocycles. The number of hydrogen-bond acceptors (Lipinski definition) is 4. The molecule has 1 unspecified atom stereocenters. The molecule has 0 aliphatic rings. The minimum absolute atomic E-state index is 0.206. The molecule has 0 aliphatic heterocycles. The van der Waals surface area contributed by atoms with Gasteiger partial charge >= 0.3 is 0 Å². The van der Waals surface area contributed by atoms with Gasteiger partial charge in [0.25, 0.3) is 0 Å². The van der Waals surface area contributed by atoms with E-state index in [1.54, 1.807) is 12.5 Å². The molecule has 0 saturated heterocycles. The van der Waals surface area contributed by atoms with Gasteiger partial charge in [0.05, 0.1) is 12.5 Å². The van der Waals surface area contributed by atoms with Crippen LogP contribution in [0.15, 0.2) is 78.7 Å². The Morgan fingerprint density at radius 3 is 2.04 bits per heavy atom. The van der Waals surface area contributed by atoms with E-state index < -0.39 is 0 Å². The van der Waals surface area contributed by atoms with Crippen molar-refractivity contribution in [2.75, 3.05) is 0 Å². The second-order valence-corrected chi connectivity index (χ2v) is 7.21. The summed E-state index contributed by atoms with van der Waals surface area (Å²) in [5.74, 6) is 7.16. The zero-order valence-electron chi connectivity index (χ0n) is 16.3. The molecule has 4 rings (SSSR count). The van der Waals surface area contributed by atoms with Crippen molar-refractivity contribution in [3.63, 3.8) is 0 Å². The fourth-order valence-electron chi connectivity index (χ4n) is 3.68. The summed E-state index contributed by atoms with van der Waals surface area (Å²) in [5.41, 5.74) is 0. The van der Waals surface area contributed by atoms with Gasteiger partial charge in [-0.3, -0.25) is 0 Å². The lowest BCUT2D eigenvalue weighted by molar-refractivity contribution is 0.373. The Bertz CT molecular complexity index is 956. The van der Waals surface area contributed by atoms with Crippen molar-refractivity contribution >= 4 is 0 Å². The Hall–Kier alpha value is -2.88. The number of hydrogen-bond donors (Lipinski definition) is 0. The van der Waals surface area contributed by atoms with Crippen molar-refractivity contribution in [1.29, 1.82) is 0 Å². The van der Waals surface area contributed by atoms with Crippen molar-refractivity contribution in [2.24, 2.45) is 5.92 Å². The SMILES string of the molecule is Cc1ccc(CC(Cc2ccco2)[C](CCc2ccco2)c2ccc(C)o2)o1. The number of rotatable bonds is 9. The molecule has 4 heteroatoms. The van der Waals surface area contributed by atoms with Gasteiger partial charge < -0.3 is 17.7 Å². The van der Waals surface area contributed by atoms with Gasteiger partial charge in [0.15, 0.2) is 0 Å². The van der Waals surface area contributed by atoms with Crippen LogP contribution in [0.1, 0.15) is 41.0 Å². The lowest BCUT2D eigenvalue weighted by atomic mass is 9.80. The first-order valence-corrected chi connectivity index (χ1v) is 9.70. The molecule has 1 atom stereocenters. The standard InChI is InChI=1S/C24H25O4/c1-17-7-9-22(27-17)16-19(15-21-6-4-14-26-21)23(24-12-8-18(2)28-24)11-10-20-5-3-13-25-20/h3-9,12-14,19H,10-11,15-16H2,1-2H3. The summed E-state index contributed by atoms with van der Waals surface area (Å²) in [4.78, 5) is 0. The monoisotopic (exact) mass is 377 g/mol. The van der Waals surface area contributed by atoms with Gasteiger partial charge in [0.1, 0.15) is 34.6 Å². The molecule has 1 radical (unpaired) electrons. The van der Waals surface area contributed by atoms with Gasteiger partial charge in [-0.2, -0.15) is 0 Å². The average molecular weight is 377 g/mol. The maximum Gasteiger partial charge on any atom is 0.111 e. The van der Waals surface area contributed by atoms with Crippen LogP contribution in [0.2, 0.25) is 0 Å². The van der Waals surface area contributed by atoms with Crippen LogP contribution in [-0.2, 0) is 19.3 Å². The normalized spacial score (nSPS) is 12.7. The summed E-state index contributed by atoms with van der Waals surface area (Å²) in [6, 6.07) is 16.1. The van der Waals surface area contributed by atoms with Gasteiger partial charge in [-0.05, 0) is 74.7 Å². The zero-order valence-corrected chi connectivity index (χ0v) is 16.3. The molecule has 4 nitrogen and oxygen atoms in total. The Labute approximate surface area is 165 Å².